The molecular formula is C17H20N2O2S. The van der Waals surface area contributed by atoms with Crippen molar-refractivity contribution in [2.75, 3.05) is 0 Å². The number of nitrogens with zero attached hydrogens (tertiary/aromatic N) is 2. The number of carbonyl (C=O) groups is 1. The summed E-state index contributed by atoms with van der Waals surface area (Å²) in [5.74, 6) is 1.11. The number of benzene rings is 1. The topological polar surface area (TPSA) is 44.1 Å². The van der Waals surface area contributed by atoms with Crippen molar-refractivity contribution in [3.63, 3.8) is 0 Å². The molecule has 5 heteroatoms. The Morgan fingerprint density at radius 1 is 1.41 bits per heavy atom. The maximum Gasteiger partial charge on any atom is 0.303 e. The van der Waals surface area contributed by atoms with Crippen LogP contribution < -0.4 is 0 Å². The zero-order valence-corrected chi connectivity index (χ0v) is 13.7. The lowest BCUT2D eigenvalue weighted by Gasteiger charge is -2.16. The zero-order chi connectivity index (χ0) is 15.5. The maximum atomic E-state index is 11.3. The summed E-state index contributed by atoms with van der Waals surface area (Å²) in [7, 11) is 1.92. The van der Waals surface area contributed by atoms with Gasteiger partial charge in [0, 0.05) is 25.6 Å². The van der Waals surface area contributed by atoms with Crippen LogP contribution in [0.1, 0.15) is 37.1 Å². The first-order valence-electron chi connectivity index (χ1n) is 7.51. The molecule has 22 heavy (non-hydrogen) atoms. The number of hydrogen-bond donors (Lipinski definition) is 0. The predicted octanol–water partition coefficient (Wildman–Crippen LogP) is 3.73. The van der Waals surface area contributed by atoms with E-state index in [9.17, 15) is 4.79 Å². The van der Waals surface area contributed by atoms with Crippen LogP contribution in [0.4, 0.5) is 0 Å². The van der Waals surface area contributed by atoms with Crippen molar-refractivity contribution in [3.05, 3.63) is 47.7 Å². The van der Waals surface area contributed by atoms with E-state index in [2.05, 4.69) is 23.3 Å². The molecule has 1 fully saturated rings. The first kappa shape index (κ1) is 15.2. The molecule has 0 spiro atoms. The third-order valence-electron chi connectivity index (χ3n) is 3.76. The van der Waals surface area contributed by atoms with Crippen LogP contribution in [0.25, 0.3) is 0 Å². The summed E-state index contributed by atoms with van der Waals surface area (Å²) >= 11 is 1.70. The van der Waals surface area contributed by atoms with Gasteiger partial charge in [-0.05, 0) is 24.5 Å². The Labute approximate surface area is 134 Å². The van der Waals surface area contributed by atoms with E-state index in [4.69, 9.17) is 4.74 Å². The second kappa shape index (κ2) is 6.57. The van der Waals surface area contributed by atoms with Gasteiger partial charge in [0.1, 0.15) is 11.1 Å². The average Bonchev–Trinajstić information content (AvgIpc) is 3.27. The SMILES string of the molecule is CC(=O)OC(c1cc(SCc2ccccc2)nn1C)C1CC1. The minimum absolute atomic E-state index is 0.152. The van der Waals surface area contributed by atoms with E-state index in [-0.39, 0.29) is 12.1 Å². The minimum Gasteiger partial charge on any atom is -0.456 e. The lowest BCUT2D eigenvalue weighted by molar-refractivity contribution is -0.148. The number of ether oxygens (including phenoxy) is 1. The van der Waals surface area contributed by atoms with E-state index in [1.807, 2.05) is 29.9 Å². The Morgan fingerprint density at radius 2 is 2.14 bits per heavy atom. The second-order valence-electron chi connectivity index (χ2n) is 5.67. The molecule has 3 rings (SSSR count). The van der Waals surface area contributed by atoms with Crippen LogP contribution in [0.5, 0.6) is 0 Å². The van der Waals surface area contributed by atoms with Crippen LogP contribution in [0.2, 0.25) is 0 Å². The number of esters is 1. The molecule has 1 aromatic heterocycles. The molecule has 1 aromatic carbocycles. The summed E-state index contributed by atoms with van der Waals surface area (Å²) in [6, 6.07) is 12.4. The van der Waals surface area contributed by atoms with Gasteiger partial charge >= 0.3 is 5.97 Å². The lowest BCUT2D eigenvalue weighted by Crippen LogP contribution is -2.14. The van der Waals surface area contributed by atoms with Crippen molar-refractivity contribution in [1.82, 2.24) is 9.78 Å². The maximum absolute atomic E-state index is 11.3. The van der Waals surface area contributed by atoms with Gasteiger partial charge < -0.3 is 4.74 Å². The summed E-state index contributed by atoms with van der Waals surface area (Å²) in [5.41, 5.74) is 2.27. The van der Waals surface area contributed by atoms with Crippen molar-refractivity contribution in [3.8, 4) is 0 Å². The predicted molar refractivity (Wildman–Crippen MR) is 86.4 cm³/mol. The molecule has 0 amide bonds. The summed E-state index contributed by atoms with van der Waals surface area (Å²) in [6.45, 7) is 1.47. The second-order valence-corrected chi connectivity index (χ2v) is 6.67. The Bertz CT molecular complexity index is 650. The fourth-order valence-electron chi connectivity index (χ4n) is 2.50. The summed E-state index contributed by atoms with van der Waals surface area (Å²) in [4.78, 5) is 11.3. The first-order chi connectivity index (χ1) is 10.6. The highest BCUT2D eigenvalue weighted by molar-refractivity contribution is 7.98. The summed E-state index contributed by atoms with van der Waals surface area (Å²) < 4.78 is 7.35. The Morgan fingerprint density at radius 3 is 2.77 bits per heavy atom. The molecule has 1 heterocycles. The highest BCUT2D eigenvalue weighted by atomic mass is 32.2. The van der Waals surface area contributed by atoms with Gasteiger partial charge in [0.15, 0.2) is 0 Å². The molecule has 2 aromatic rings. The fraction of sp³-hybridized carbons (Fsp3) is 0.412. The normalized spacial score (nSPS) is 15.5. The highest BCUT2D eigenvalue weighted by Crippen LogP contribution is 2.44. The third kappa shape index (κ3) is 3.71. The lowest BCUT2D eigenvalue weighted by atomic mass is 10.1. The molecule has 0 aliphatic heterocycles. The van der Waals surface area contributed by atoms with Crippen LogP contribution in [0.3, 0.4) is 0 Å². The Hall–Kier alpha value is -1.75. The van der Waals surface area contributed by atoms with E-state index in [0.29, 0.717) is 5.92 Å². The number of carbonyl (C=O) groups excluding carboxylic acids is 1. The van der Waals surface area contributed by atoms with Crippen molar-refractivity contribution in [2.45, 2.75) is 36.6 Å². The van der Waals surface area contributed by atoms with E-state index in [1.165, 1.54) is 12.5 Å². The average molecular weight is 316 g/mol. The molecule has 1 aliphatic carbocycles. The van der Waals surface area contributed by atoms with Crippen molar-refractivity contribution >= 4 is 17.7 Å². The molecule has 1 unspecified atom stereocenters. The van der Waals surface area contributed by atoms with Crippen molar-refractivity contribution in [1.29, 1.82) is 0 Å². The van der Waals surface area contributed by atoms with Gasteiger partial charge in [-0.25, -0.2) is 0 Å². The van der Waals surface area contributed by atoms with E-state index >= 15 is 0 Å². The first-order valence-corrected chi connectivity index (χ1v) is 8.50. The zero-order valence-electron chi connectivity index (χ0n) is 12.9. The van der Waals surface area contributed by atoms with Crippen LogP contribution in [0.15, 0.2) is 41.4 Å². The molecule has 0 bridgehead atoms. The van der Waals surface area contributed by atoms with Crippen molar-refractivity contribution in [2.24, 2.45) is 13.0 Å². The van der Waals surface area contributed by atoms with Gasteiger partial charge in [-0.15, -0.1) is 0 Å². The largest absolute Gasteiger partial charge is 0.456 e. The van der Waals surface area contributed by atoms with Crippen LogP contribution in [0, 0.1) is 5.92 Å². The number of thioether (sulfide) groups is 1. The number of rotatable bonds is 6. The van der Waals surface area contributed by atoms with Crippen LogP contribution in [-0.4, -0.2) is 15.7 Å². The summed E-state index contributed by atoms with van der Waals surface area (Å²) in [6.07, 6.45) is 2.09. The number of aromatic nitrogens is 2. The Kier molecular flexibility index (Phi) is 4.52. The molecule has 4 nitrogen and oxygen atoms in total. The van der Waals surface area contributed by atoms with Crippen LogP contribution >= 0.6 is 11.8 Å². The molecular weight excluding hydrogens is 296 g/mol. The van der Waals surface area contributed by atoms with Gasteiger partial charge in [0.05, 0.1) is 5.69 Å². The molecule has 1 atom stereocenters. The Balaban J connectivity index is 1.71. The number of aryl methyl sites for hydroxylation is 1. The van der Waals surface area contributed by atoms with Gasteiger partial charge in [-0.3, -0.25) is 9.48 Å². The molecule has 1 saturated carbocycles. The van der Waals surface area contributed by atoms with Crippen molar-refractivity contribution < 1.29 is 9.53 Å². The molecule has 1 aliphatic rings. The van der Waals surface area contributed by atoms with Crippen LogP contribution in [-0.2, 0) is 22.3 Å². The van der Waals surface area contributed by atoms with E-state index in [1.54, 1.807) is 11.8 Å². The molecule has 0 N–H and O–H groups in total. The number of hydrogen-bond acceptors (Lipinski definition) is 4. The monoisotopic (exact) mass is 316 g/mol. The quantitative estimate of drug-likeness (QED) is 0.602. The standard InChI is InChI=1S/C17H20N2O2S/c1-12(20)21-17(14-8-9-14)15-10-16(18-19(15)2)22-11-13-6-4-3-5-7-13/h3-7,10,14,17H,8-9,11H2,1-2H3. The van der Waals surface area contributed by atoms with Gasteiger partial charge in [-0.1, -0.05) is 42.1 Å². The van der Waals surface area contributed by atoms with Gasteiger partial charge in [-0.2, -0.15) is 5.10 Å². The molecule has 116 valence electrons. The highest BCUT2D eigenvalue weighted by Gasteiger charge is 2.36. The van der Waals surface area contributed by atoms with E-state index < -0.39 is 0 Å². The van der Waals surface area contributed by atoms with E-state index in [0.717, 1.165) is 29.3 Å². The smallest absolute Gasteiger partial charge is 0.303 e. The fourth-order valence-corrected chi connectivity index (χ4v) is 3.39. The third-order valence-corrected chi connectivity index (χ3v) is 4.73. The molecule has 0 saturated heterocycles. The molecule has 0 radical (unpaired) electrons. The van der Waals surface area contributed by atoms with Gasteiger partial charge in [0.25, 0.3) is 0 Å². The minimum atomic E-state index is -0.225. The summed E-state index contributed by atoms with van der Waals surface area (Å²) in [5, 5.41) is 5.52. The van der Waals surface area contributed by atoms with Gasteiger partial charge in [0.2, 0.25) is 0 Å².